The molecule has 0 radical (unpaired) electrons. The van der Waals surface area contributed by atoms with Crippen molar-refractivity contribution in [3.63, 3.8) is 0 Å². The third-order valence-electron chi connectivity index (χ3n) is 3.92. The zero-order valence-electron chi connectivity index (χ0n) is 15.4. The summed E-state index contributed by atoms with van der Waals surface area (Å²) in [5.74, 6) is -0.158. The summed E-state index contributed by atoms with van der Waals surface area (Å²) in [6.07, 6.45) is 0. The van der Waals surface area contributed by atoms with E-state index in [1.165, 1.54) is 5.56 Å². The van der Waals surface area contributed by atoms with Gasteiger partial charge in [0.15, 0.2) is 0 Å². The molecule has 0 unspecified atom stereocenters. The van der Waals surface area contributed by atoms with Crippen molar-refractivity contribution >= 4 is 17.3 Å². The summed E-state index contributed by atoms with van der Waals surface area (Å²) >= 11 is 0. The Morgan fingerprint density at radius 1 is 1.04 bits per heavy atom. The molecule has 4 heteroatoms. The smallest absolute Gasteiger partial charge is 0.257 e. The molecular weight excluding hydrogens is 310 g/mol. The summed E-state index contributed by atoms with van der Waals surface area (Å²) < 4.78 is 0. The average molecular weight is 337 g/mol. The fourth-order valence-corrected chi connectivity index (χ4v) is 2.37. The van der Waals surface area contributed by atoms with Crippen molar-refractivity contribution < 1.29 is 4.79 Å². The lowest BCUT2D eigenvalue weighted by atomic mass is 9.86. The van der Waals surface area contributed by atoms with E-state index in [0.717, 1.165) is 16.8 Å². The zero-order valence-corrected chi connectivity index (χ0v) is 15.4. The Kier molecular flexibility index (Phi) is 5.86. The molecule has 0 saturated heterocycles. The molecule has 0 aliphatic rings. The van der Waals surface area contributed by atoms with Gasteiger partial charge in [-0.3, -0.25) is 15.6 Å². The lowest BCUT2D eigenvalue weighted by Gasteiger charge is -2.19. The number of carbonyl (C=O) groups excluding carboxylic acids is 1. The maximum absolute atomic E-state index is 11.9. The second-order valence-corrected chi connectivity index (χ2v) is 7.20. The van der Waals surface area contributed by atoms with Gasteiger partial charge in [-0.05, 0) is 41.2 Å². The van der Waals surface area contributed by atoms with Crippen LogP contribution in [0, 0.1) is 6.92 Å². The van der Waals surface area contributed by atoms with E-state index < -0.39 is 0 Å². The van der Waals surface area contributed by atoms with Gasteiger partial charge >= 0.3 is 0 Å². The van der Waals surface area contributed by atoms with Crippen molar-refractivity contribution in [3.05, 3.63) is 71.8 Å². The number of hydrogen-bond acceptors (Lipinski definition) is 3. The topological polar surface area (TPSA) is 53.2 Å². The van der Waals surface area contributed by atoms with E-state index in [-0.39, 0.29) is 17.9 Å². The molecule has 0 aliphatic heterocycles. The van der Waals surface area contributed by atoms with E-state index in [1.54, 1.807) is 0 Å². The quantitative estimate of drug-likeness (QED) is 0.699. The van der Waals surface area contributed by atoms with Crippen LogP contribution >= 0.6 is 0 Å². The van der Waals surface area contributed by atoms with Crippen LogP contribution in [0.3, 0.4) is 0 Å². The highest BCUT2D eigenvalue weighted by atomic mass is 16.2. The largest absolute Gasteiger partial charge is 0.376 e. The number of benzene rings is 2. The van der Waals surface area contributed by atoms with Crippen LogP contribution in [0.5, 0.6) is 0 Å². The van der Waals surface area contributed by atoms with E-state index in [1.807, 2.05) is 43.3 Å². The van der Waals surface area contributed by atoms with Crippen LogP contribution in [0.2, 0.25) is 0 Å². The fourth-order valence-electron chi connectivity index (χ4n) is 2.37. The number of rotatable bonds is 6. The minimum Gasteiger partial charge on any atom is -0.376 e. The second-order valence-electron chi connectivity index (χ2n) is 7.20. The van der Waals surface area contributed by atoms with E-state index in [2.05, 4.69) is 55.7 Å². The van der Waals surface area contributed by atoms with Gasteiger partial charge in [0.2, 0.25) is 0 Å². The molecule has 0 saturated carbocycles. The van der Waals surface area contributed by atoms with Gasteiger partial charge in [0.1, 0.15) is 0 Å². The number of aryl methyl sites for hydroxylation is 1. The molecule has 0 aromatic heterocycles. The molecule has 0 fully saturated rings. The monoisotopic (exact) mass is 337 g/mol. The number of carbonyl (C=O) groups is 1. The summed E-state index contributed by atoms with van der Waals surface area (Å²) in [7, 11) is 0. The van der Waals surface area contributed by atoms with Gasteiger partial charge in [0, 0.05) is 5.69 Å². The Morgan fingerprint density at radius 2 is 1.72 bits per heavy atom. The molecular formula is C21H27N3O. The van der Waals surface area contributed by atoms with Crippen molar-refractivity contribution in [1.29, 1.82) is 0 Å². The molecule has 3 N–H and O–H groups in total. The van der Waals surface area contributed by atoms with E-state index in [0.29, 0.717) is 5.70 Å². The van der Waals surface area contributed by atoms with Gasteiger partial charge in [0.25, 0.3) is 5.91 Å². The third kappa shape index (κ3) is 5.68. The molecule has 0 atom stereocenters. The Morgan fingerprint density at radius 3 is 2.32 bits per heavy atom. The van der Waals surface area contributed by atoms with Crippen LogP contribution in [0.4, 0.5) is 5.69 Å². The summed E-state index contributed by atoms with van der Waals surface area (Å²) in [6.45, 7) is 12.7. The molecule has 0 aliphatic carbocycles. The van der Waals surface area contributed by atoms with Crippen LogP contribution in [0.25, 0.3) is 5.70 Å². The molecule has 0 heterocycles. The highest BCUT2D eigenvalue weighted by molar-refractivity contribution is 5.81. The van der Waals surface area contributed by atoms with Crippen molar-refractivity contribution in [3.8, 4) is 0 Å². The SMILES string of the molecule is C=C(NNC(=O)CNc1cccc(C)c1)c1ccc(C(C)(C)C)cc1. The summed E-state index contributed by atoms with van der Waals surface area (Å²) in [6, 6.07) is 16.1. The van der Waals surface area contributed by atoms with E-state index in [9.17, 15) is 4.79 Å². The van der Waals surface area contributed by atoms with Crippen molar-refractivity contribution in [2.45, 2.75) is 33.1 Å². The van der Waals surface area contributed by atoms with E-state index in [4.69, 9.17) is 0 Å². The Labute approximate surface area is 150 Å². The van der Waals surface area contributed by atoms with Gasteiger partial charge in [0.05, 0.1) is 12.2 Å². The van der Waals surface area contributed by atoms with Gasteiger partial charge < -0.3 is 5.32 Å². The number of hydrazine groups is 1. The fraction of sp³-hybridized carbons (Fsp3) is 0.286. The minimum atomic E-state index is -0.158. The average Bonchev–Trinajstić information content (AvgIpc) is 2.57. The molecule has 1 amide bonds. The van der Waals surface area contributed by atoms with Crippen LogP contribution in [0.1, 0.15) is 37.5 Å². The van der Waals surface area contributed by atoms with Gasteiger partial charge in [-0.2, -0.15) is 0 Å². The van der Waals surface area contributed by atoms with Crippen molar-refractivity contribution in [2.24, 2.45) is 0 Å². The first-order chi connectivity index (χ1) is 11.8. The van der Waals surface area contributed by atoms with Crippen molar-refractivity contribution in [1.82, 2.24) is 10.9 Å². The first kappa shape index (κ1) is 18.6. The summed E-state index contributed by atoms with van der Waals surface area (Å²) in [4.78, 5) is 11.9. The highest BCUT2D eigenvalue weighted by Crippen LogP contribution is 2.23. The minimum absolute atomic E-state index is 0.114. The number of amides is 1. The maximum Gasteiger partial charge on any atom is 0.257 e. The highest BCUT2D eigenvalue weighted by Gasteiger charge is 2.13. The molecule has 0 spiro atoms. The van der Waals surface area contributed by atoms with Crippen LogP contribution < -0.4 is 16.2 Å². The standard InChI is InChI=1S/C21H27N3O/c1-15-7-6-8-19(13-15)22-14-20(25)24-23-16(2)17-9-11-18(12-10-17)21(3,4)5/h6-13,22-23H,2,14H2,1,3-5H3,(H,24,25). The van der Waals surface area contributed by atoms with Crippen LogP contribution in [-0.4, -0.2) is 12.5 Å². The first-order valence-corrected chi connectivity index (χ1v) is 8.41. The Hall–Kier alpha value is -2.75. The molecule has 2 aromatic rings. The van der Waals surface area contributed by atoms with Crippen LogP contribution in [-0.2, 0) is 10.2 Å². The predicted molar refractivity (Wildman–Crippen MR) is 105 cm³/mol. The van der Waals surface area contributed by atoms with Gasteiger partial charge in [-0.1, -0.05) is 63.7 Å². The summed E-state index contributed by atoms with van der Waals surface area (Å²) in [5, 5.41) is 3.09. The first-order valence-electron chi connectivity index (χ1n) is 8.41. The Bertz CT molecular complexity index is 742. The van der Waals surface area contributed by atoms with E-state index >= 15 is 0 Å². The van der Waals surface area contributed by atoms with Gasteiger partial charge in [-0.25, -0.2) is 0 Å². The maximum atomic E-state index is 11.9. The molecule has 4 nitrogen and oxygen atoms in total. The normalized spacial score (nSPS) is 10.9. The third-order valence-corrected chi connectivity index (χ3v) is 3.92. The molecule has 0 bridgehead atoms. The molecule has 2 aromatic carbocycles. The predicted octanol–water partition coefficient (Wildman–Crippen LogP) is 4.00. The zero-order chi connectivity index (χ0) is 18.4. The lowest BCUT2D eigenvalue weighted by molar-refractivity contribution is -0.120. The summed E-state index contributed by atoms with van der Waals surface area (Å²) in [5.41, 5.74) is 10.6. The Balaban J connectivity index is 1.82. The lowest BCUT2D eigenvalue weighted by Crippen LogP contribution is -2.39. The number of anilines is 1. The second kappa shape index (κ2) is 7.88. The molecule has 132 valence electrons. The number of nitrogens with one attached hydrogen (secondary N) is 3. The molecule has 2 rings (SSSR count). The van der Waals surface area contributed by atoms with Crippen LogP contribution in [0.15, 0.2) is 55.1 Å². The van der Waals surface area contributed by atoms with Crippen molar-refractivity contribution in [2.75, 3.05) is 11.9 Å². The van der Waals surface area contributed by atoms with Gasteiger partial charge in [-0.15, -0.1) is 0 Å². The molecule has 25 heavy (non-hydrogen) atoms. The number of hydrogen-bond donors (Lipinski definition) is 3.